The van der Waals surface area contributed by atoms with Crippen molar-refractivity contribution in [2.24, 2.45) is 0 Å². The minimum atomic E-state index is -1.11. The summed E-state index contributed by atoms with van der Waals surface area (Å²) in [6.45, 7) is 2.23. The number of nitrogens with zero attached hydrogens (tertiary/aromatic N) is 1. The zero-order chi connectivity index (χ0) is 14.8. The maximum Gasteiger partial charge on any atom is 0.183 e. The van der Waals surface area contributed by atoms with E-state index in [2.05, 4.69) is 5.32 Å². The summed E-state index contributed by atoms with van der Waals surface area (Å²) in [6, 6.07) is 4.22. The molecule has 0 heterocycles. The van der Waals surface area contributed by atoms with Gasteiger partial charge >= 0.3 is 0 Å². The van der Waals surface area contributed by atoms with E-state index in [4.69, 9.17) is 14.7 Å². The van der Waals surface area contributed by atoms with Crippen LogP contribution in [0.25, 0.3) is 0 Å². The molecular weight excluding hydrogens is 266 g/mol. The molecule has 0 spiro atoms. The summed E-state index contributed by atoms with van der Waals surface area (Å²) in [4.78, 5) is 0. The number of benzene rings is 1. The zero-order valence-electron chi connectivity index (χ0n) is 11.4. The Morgan fingerprint density at radius 3 is 2.65 bits per heavy atom. The molecule has 20 heavy (non-hydrogen) atoms. The van der Waals surface area contributed by atoms with E-state index in [1.54, 1.807) is 13.2 Å². The second-order valence-electron chi connectivity index (χ2n) is 4.14. The number of nitriles is 1. The summed E-state index contributed by atoms with van der Waals surface area (Å²) in [5, 5.41) is 11.4. The standard InChI is InChI=1S/C14H18F2N2O2/c1-19-8-9-20-7-3-2-6-18-12-5-4-11(10-17)13(15)14(12)16/h4-5,18H,2-3,6-9H2,1H3. The number of unbranched alkanes of at least 4 members (excludes halogenated alkanes) is 1. The third-order valence-corrected chi connectivity index (χ3v) is 2.67. The molecule has 0 aromatic heterocycles. The summed E-state index contributed by atoms with van der Waals surface area (Å²) in [5.74, 6) is -2.12. The zero-order valence-corrected chi connectivity index (χ0v) is 11.4. The molecule has 6 heteroatoms. The van der Waals surface area contributed by atoms with Crippen LogP contribution in [0.4, 0.5) is 14.5 Å². The number of nitrogens with one attached hydrogen (secondary N) is 1. The number of hydrogen-bond acceptors (Lipinski definition) is 4. The number of halogens is 2. The third kappa shape index (κ3) is 5.11. The van der Waals surface area contributed by atoms with Crippen molar-refractivity contribution in [1.82, 2.24) is 0 Å². The van der Waals surface area contributed by atoms with E-state index in [1.165, 1.54) is 12.1 Å². The Morgan fingerprint density at radius 1 is 1.15 bits per heavy atom. The Labute approximate surface area is 117 Å². The Kier molecular flexibility index (Phi) is 7.55. The lowest BCUT2D eigenvalue weighted by Crippen LogP contribution is -2.08. The molecule has 0 saturated heterocycles. The minimum absolute atomic E-state index is 0.0711. The van der Waals surface area contributed by atoms with Gasteiger partial charge in [-0.1, -0.05) is 0 Å². The molecule has 0 aliphatic heterocycles. The summed E-state index contributed by atoms with van der Waals surface area (Å²) in [5.41, 5.74) is -0.221. The Balaban J connectivity index is 2.26. The van der Waals surface area contributed by atoms with Crippen molar-refractivity contribution in [3.05, 3.63) is 29.3 Å². The normalized spacial score (nSPS) is 10.3. The summed E-state index contributed by atoms with van der Waals surface area (Å²) < 4.78 is 37.0. The molecule has 0 bridgehead atoms. The van der Waals surface area contributed by atoms with Gasteiger partial charge in [-0.25, -0.2) is 8.78 Å². The van der Waals surface area contributed by atoms with E-state index in [1.807, 2.05) is 0 Å². The molecule has 0 atom stereocenters. The van der Waals surface area contributed by atoms with Crippen LogP contribution in [0.15, 0.2) is 12.1 Å². The fourth-order valence-electron chi connectivity index (χ4n) is 1.57. The first kappa shape index (κ1) is 16.3. The highest BCUT2D eigenvalue weighted by Crippen LogP contribution is 2.20. The molecule has 4 nitrogen and oxygen atoms in total. The van der Waals surface area contributed by atoms with Gasteiger partial charge < -0.3 is 14.8 Å². The first-order valence-corrected chi connectivity index (χ1v) is 6.39. The number of ether oxygens (including phenoxy) is 2. The Morgan fingerprint density at radius 2 is 1.95 bits per heavy atom. The van der Waals surface area contributed by atoms with Gasteiger partial charge in [-0.3, -0.25) is 0 Å². The van der Waals surface area contributed by atoms with Gasteiger partial charge in [0.25, 0.3) is 0 Å². The average molecular weight is 284 g/mol. The monoisotopic (exact) mass is 284 g/mol. The van der Waals surface area contributed by atoms with Crippen molar-refractivity contribution in [3.63, 3.8) is 0 Å². The molecule has 110 valence electrons. The molecule has 0 radical (unpaired) electrons. The van der Waals surface area contributed by atoms with E-state index in [9.17, 15) is 8.78 Å². The van der Waals surface area contributed by atoms with Crippen molar-refractivity contribution >= 4 is 5.69 Å². The van der Waals surface area contributed by atoms with E-state index < -0.39 is 11.6 Å². The van der Waals surface area contributed by atoms with Gasteiger partial charge in [-0.15, -0.1) is 0 Å². The van der Waals surface area contributed by atoms with Crippen molar-refractivity contribution in [2.45, 2.75) is 12.8 Å². The van der Waals surface area contributed by atoms with Crippen LogP contribution in [0, 0.1) is 23.0 Å². The highest BCUT2D eigenvalue weighted by molar-refractivity contribution is 5.49. The van der Waals surface area contributed by atoms with E-state index in [-0.39, 0.29) is 11.3 Å². The molecule has 1 aromatic carbocycles. The van der Waals surface area contributed by atoms with Crippen molar-refractivity contribution < 1.29 is 18.3 Å². The average Bonchev–Trinajstić information content (AvgIpc) is 2.46. The highest BCUT2D eigenvalue weighted by atomic mass is 19.2. The number of anilines is 1. The van der Waals surface area contributed by atoms with Gasteiger partial charge in [0.05, 0.1) is 24.5 Å². The lowest BCUT2D eigenvalue weighted by Gasteiger charge is -2.08. The van der Waals surface area contributed by atoms with Crippen LogP contribution in [-0.4, -0.2) is 33.5 Å². The van der Waals surface area contributed by atoms with Crippen molar-refractivity contribution in [3.8, 4) is 6.07 Å². The molecule has 0 unspecified atom stereocenters. The fourth-order valence-corrected chi connectivity index (χ4v) is 1.57. The van der Waals surface area contributed by atoms with Crippen LogP contribution in [0.5, 0.6) is 0 Å². The van der Waals surface area contributed by atoms with Gasteiger partial charge in [-0.2, -0.15) is 5.26 Å². The van der Waals surface area contributed by atoms with Gasteiger partial charge in [0, 0.05) is 20.3 Å². The maximum atomic E-state index is 13.5. The first-order chi connectivity index (χ1) is 9.70. The van der Waals surface area contributed by atoms with Gasteiger partial charge in [0.15, 0.2) is 11.6 Å². The van der Waals surface area contributed by atoms with E-state index in [0.717, 1.165) is 12.8 Å². The molecule has 1 rings (SSSR count). The quantitative estimate of drug-likeness (QED) is 0.708. The van der Waals surface area contributed by atoms with Gasteiger partial charge in [0.1, 0.15) is 6.07 Å². The van der Waals surface area contributed by atoms with Crippen LogP contribution < -0.4 is 5.32 Å². The number of hydrogen-bond donors (Lipinski definition) is 1. The smallest absolute Gasteiger partial charge is 0.183 e. The largest absolute Gasteiger partial charge is 0.383 e. The van der Waals surface area contributed by atoms with Crippen molar-refractivity contribution in [2.75, 3.05) is 38.8 Å². The lowest BCUT2D eigenvalue weighted by molar-refractivity contribution is 0.0691. The minimum Gasteiger partial charge on any atom is -0.383 e. The van der Waals surface area contributed by atoms with Gasteiger partial charge in [0.2, 0.25) is 0 Å². The molecule has 1 N–H and O–H groups in total. The van der Waals surface area contributed by atoms with Crippen LogP contribution in [0.3, 0.4) is 0 Å². The molecule has 1 aromatic rings. The molecule has 0 saturated carbocycles. The maximum absolute atomic E-state index is 13.5. The number of rotatable bonds is 9. The summed E-state index contributed by atoms with van der Waals surface area (Å²) in [6.07, 6.45) is 1.59. The molecule has 0 amide bonds. The Bertz CT molecular complexity index is 461. The van der Waals surface area contributed by atoms with Crippen LogP contribution in [0.2, 0.25) is 0 Å². The molecular formula is C14H18F2N2O2. The van der Waals surface area contributed by atoms with Gasteiger partial charge in [-0.05, 0) is 25.0 Å². The SMILES string of the molecule is COCCOCCCCNc1ccc(C#N)c(F)c1F. The van der Waals surface area contributed by atoms with Crippen molar-refractivity contribution in [1.29, 1.82) is 5.26 Å². The fraction of sp³-hybridized carbons (Fsp3) is 0.500. The Hall–Kier alpha value is -1.71. The molecule has 0 aliphatic carbocycles. The second-order valence-corrected chi connectivity index (χ2v) is 4.14. The topological polar surface area (TPSA) is 54.3 Å². The summed E-state index contributed by atoms with van der Waals surface area (Å²) in [7, 11) is 1.61. The molecule has 0 fully saturated rings. The number of methoxy groups -OCH3 is 1. The van der Waals surface area contributed by atoms with E-state index in [0.29, 0.717) is 26.4 Å². The predicted molar refractivity (Wildman–Crippen MR) is 71.5 cm³/mol. The second kappa shape index (κ2) is 9.23. The third-order valence-electron chi connectivity index (χ3n) is 2.67. The van der Waals surface area contributed by atoms with Crippen LogP contribution >= 0.6 is 0 Å². The summed E-state index contributed by atoms with van der Waals surface area (Å²) >= 11 is 0. The van der Waals surface area contributed by atoms with Crippen LogP contribution in [-0.2, 0) is 9.47 Å². The lowest BCUT2D eigenvalue weighted by atomic mass is 10.2. The van der Waals surface area contributed by atoms with E-state index >= 15 is 0 Å². The molecule has 0 aliphatic rings. The van der Waals surface area contributed by atoms with Crippen LogP contribution in [0.1, 0.15) is 18.4 Å². The first-order valence-electron chi connectivity index (χ1n) is 6.39. The predicted octanol–water partition coefficient (Wildman–Crippen LogP) is 2.69. The highest BCUT2D eigenvalue weighted by Gasteiger charge is 2.12.